The molecule has 2 heterocycles. The maximum atomic E-state index is 12.2. The summed E-state index contributed by atoms with van der Waals surface area (Å²) >= 11 is 0. The van der Waals surface area contributed by atoms with Crippen molar-refractivity contribution in [3.8, 4) is 0 Å². The van der Waals surface area contributed by atoms with Gasteiger partial charge in [-0.25, -0.2) is 9.78 Å². The molecule has 0 radical (unpaired) electrons. The third kappa shape index (κ3) is 4.17. The number of hydrogen-bond acceptors (Lipinski definition) is 5. The molecule has 0 atom stereocenters. The summed E-state index contributed by atoms with van der Waals surface area (Å²) in [5, 5.41) is 0. The number of anilines is 1. The maximum absolute atomic E-state index is 12.2. The predicted molar refractivity (Wildman–Crippen MR) is 81.6 cm³/mol. The number of rotatable bonds is 5. The van der Waals surface area contributed by atoms with Crippen molar-refractivity contribution in [3.05, 3.63) is 23.9 Å². The molecule has 1 aromatic heterocycles. The summed E-state index contributed by atoms with van der Waals surface area (Å²) in [5.41, 5.74) is 0.543. The fourth-order valence-corrected chi connectivity index (χ4v) is 2.56. The lowest BCUT2D eigenvalue weighted by Gasteiger charge is -2.33. The van der Waals surface area contributed by atoms with E-state index in [2.05, 4.69) is 9.88 Å². The van der Waals surface area contributed by atoms with E-state index in [1.54, 1.807) is 18.3 Å². The smallest absolute Gasteiger partial charge is 0.342 e. The predicted octanol–water partition coefficient (Wildman–Crippen LogP) is 2.65. The minimum Gasteiger partial charge on any atom is -0.459 e. The van der Waals surface area contributed by atoms with Gasteiger partial charge in [0.15, 0.2) is 0 Å². The van der Waals surface area contributed by atoms with Crippen LogP contribution in [0.15, 0.2) is 18.3 Å². The molecule has 5 heteroatoms. The van der Waals surface area contributed by atoms with Crippen LogP contribution >= 0.6 is 0 Å². The van der Waals surface area contributed by atoms with Crippen molar-refractivity contribution in [3.63, 3.8) is 0 Å². The normalized spacial score (nSPS) is 16.3. The van der Waals surface area contributed by atoms with E-state index in [-0.39, 0.29) is 12.1 Å². The van der Waals surface area contributed by atoms with Crippen molar-refractivity contribution in [2.45, 2.75) is 45.8 Å². The van der Waals surface area contributed by atoms with E-state index in [1.165, 1.54) is 0 Å². The van der Waals surface area contributed by atoms with Gasteiger partial charge in [-0.3, -0.25) is 0 Å². The van der Waals surface area contributed by atoms with E-state index in [9.17, 15) is 4.79 Å². The lowest BCUT2D eigenvalue weighted by Crippen LogP contribution is -2.38. The van der Waals surface area contributed by atoms with Crippen LogP contribution in [0.4, 0.5) is 5.82 Å². The highest BCUT2D eigenvalue weighted by molar-refractivity contribution is 5.94. The molecule has 0 spiro atoms. The Hall–Kier alpha value is -1.62. The molecule has 0 bridgehead atoms. The largest absolute Gasteiger partial charge is 0.459 e. The molecule has 2 rings (SSSR count). The van der Waals surface area contributed by atoms with Crippen molar-refractivity contribution < 1.29 is 14.3 Å². The highest BCUT2D eigenvalue weighted by Crippen LogP contribution is 2.23. The van der Waals surface area contributed by atoms with E-state index >= 15 is 0 Å². The number of carbonyl (C=O) groups excluding carboxylic acids is 1. The average molecular weight is 292 g/mol. The number of carbonyl (C=O) groups is 1. The van der Waals surface area contributed by atoms with Gasteiger partial charge in [0.05, 0.1) is 12.2 Å². The quantitative estimate of drug-likeness (QED) is 0.781. The standard InChI is InChI=1S/C16H24N2O3/c1-4-20-13-7-10-18(11-8-13)15-14(6-5-9-17-15)16(19)21-12(2)3/h5-6,9,12-13H,4,7-8,10-11H2,1-3H3. The SMILES string of the molecule is CCOC1CCN(c2ncccc2C(=O)OC(C)C)CC1. The van der Waals surface area contributed by atoms with Crippen LogP contribution in [0.3, 0.4) is 0 Å². The number of ether oxygens (including phenoxy) is 2. The maximum Gasteiger partial charge on any atom is 0.342 e. The molecule has 5 nitrogen and oxygen atoms in total. The molecular weight excluding hydrogens is 268 g/mol. The van der Waals surface area contributed by atoms with E-state index in [1.807, 2.05) is 20.8 Å². The average Bonchev–Trinajstić information content (AvgIpc) is 2.48. The molecule has 21 heavy (non-hydrogen) atoms. The number of nitrogens with zero attached hydrogens (tertiary/aromatic N) is 2. The van der Waals surface area contributed by atoms with Gasteiger partial charge < -0.3 is 14.4 Å². The van der Waals surface area contributed by atoms with Gasteiger partial charge in [0.25, 0.3) is 0 Å². The summed E-state index contributed by atoms with van der Waals surface area (Å²) in [6.45, 7) is 8.17. The van der Waals surface area contributed by atoms with Crippen LogP contribution in [-0.2, 0) is 9.47 Å². The summed E-state index contributed by atoms with van der Waals surface area (Å²) in [6, 6.07) is 3.55. The molecule has 1 aliphatic heterocycles. The minimum absolute atomic E-state index is 0.130. The van der Waals surface area contributed by atoms with E-state index in [4.69, 9.17) is 9.47 Å². The van der Waals surface area contributed by atoms with Crippen LogP contribution in [0.2, 0.25) is 0 Å². The van der Waals surface area contributed by atoms with Crippen LogP contribution in [0.5, 0.6) is 0 Å². The fourth-order valence-electron chi connectivity index (χ4n) is 2.56. The minimum atomic E-state index is -0.306. The molecular formula is C16H24N2O3. The van der Waals surface area contributed by atoms with Crippen LogP contribution in [-0.4, -0.2) is 42.9 Å². The summed E-state index contributed by atoms with van der Waals surface area (Å²) in [7, 11) is 0. The first-order valence-corrected chi connectivity index (χ1v) is 7.64. The molecule has 1 fully saturated rings. The first kappa shape index (κ1) is 15.8. The van der Waals surface area contributed by atoms with E-state index < -0.39 is 0 Å². The molecule has 1 aromatic rings. The van der Waals surface area contributed by atoms with Gasteiger partial charge in [-0.2, -0.15) is 0 Å². The van der Waals surface area contributed by atoms with Gasteiger partial charge in [0, 0.05) is 25.9 Å². The van der Waals surface area contributed by atoms with Gasteiger partial charge in [-0.05, 0) is 45.7 Å². The zero-order valence-corrected chi connectivity index (χ0v) is 13.0. The lowest BCUT2D eigenvalue weighted by molar-refractivity contribution is 0.0377. The van der Waals surface area contributed by atoms with Gasteiger partial charge in [0.2, 0.25) is 0 Å². The zero-order chi connectivity index (χ0) is 15.2. The summed E-state index contributed by atoms with van der Waals surface area (Å²) in [5.74, 6) is 0.415. The molecule has 1 saturated heterocycles. The zero-order valence-electron chi connectivity index (χ0n) is 13.0. The molecule has 0 aromatic carbocycles. The number of piperidine rings is 1. The first-order valence-electron chi connectivity index (χ1n) is 7.64. The van der Waals surface area contributed by atoms with E-state index in [0.717, 1.165) is 38.4 Å². The van der Waals surface area contributed by atoms with E-state index in [0.29, 0.717) is 11.7 Å². The number of pyridine rings is 1. The Balaban J connectivity index is 2.08. The van der Waals surface area contributed by atoms with Crippen molar-refractivity contribution in [2.24, 2.45) is 0 Å². The molecule has 116 valence electrons. The third-order valence-electron chi connectivity index (χ3n) is 3.49. The number of aromatic nitrogens is 1. The van der Waals surface area contributed by atoms with Crippen LogP contribution < -0.4 is 4.90 Å². The Morgan fingerprint density at radius 3 is 2.76 bits per heavy atom. The monoisotopic (exact) mass is 292 g/mol. The second-order valence-corrected chi connectivity index (χ2v) is 5.47. The molecule has 0 amide bonds. The van der Waals surface area contributed by atoms with Gasteiger partial charge >= 0.3 is 5.97 Å². The summed E-state index contributed by atoms with van der Waals surface area (Å²) in [4.78, 5) is 18.7. The van der Waals surface area contributed by atoms with Crippen molar-refractivity contribution >= 4 is 11.8 Å². The van der Waals surface area contributed by atoms with Gasteiger partial charge in [0.1, 0.15) is 11.4 Å². The van der Waals surface area contributed by atoms with Crippen LogP contribution in [0, 0.1) is 0 Å². The molecule has 1 aliphatic rings. The molecule has 0 saturated carbocycles. The highest BCUT2D eigenvalue weighted by atomic mass is 16.5. The summed E-state index contributed by atoms with van der Waals surface area (Å²) in [6.07, 6.45) is 3.83. The Morgan fingerprint density at radius 2 is 2.14 bits per heavy atom. The highest BCUT2D eigenvalue weighted by Gasteiger charge is 2.24. The van der Waals surface area contributed by atoms with Gasteiger partial charge in [-0.1, -0.05) is 0 Å². The topological polar surface area (TPSA) is 51.7 Å². The molecule has 0 N–H and O–H groups in total. The second kappa shape index (κ2) is 7.41. The number of esters is 1. The Labute approximate surface area is 126 Å². The number of hydrogen-bond donors (Lipinski definition) is 0. The summed E-state index contributed by atoms with van der Waals surface area (Å²) < 4.78 is 11.0. The Morgan fingerprint density at radius 1 is 1.43 bits per heavy atom. The second-order valence-electron chi connectivity index (χ2n) is 5.47. The van der Waals surface area contributed by atoms with Crippen LogP contribution in [0.1, 0.15) is 44.0 Å². The lowest BCUT2D eigenvalue weighted by atomic mass is 10.1. The molecule has 0 aliphatic carbocycles. The van der Waals surface area contributed by atoms with Gasteiger partial charge in [-0.15, -0.1) is 0 Å². The van der Waals surface area contributed by atoms with Crippen molar-refractivity contribution in [1.29, 1.82) is 0 Å². The van der Waals surface area contributed by atoms with Crippen molar-refractivity contribution in [1.82, 2.24) is 4.98 Å². The third-order valence-corrected chi connectivity index (χ3v) is 3.49. The Kier molecular flexibility index (Phi) is 5.56. The van der Waals surface area contributed by atoms with Crippen LogP contribution in [0.25, 0.3) is 0 Å². The van der Waals surface area contributed by atoms with Crippen molar-refractivity contribution in [2.75, 3.05) is 24.6 Å². The first-order chi connectivity index (χ1) is 10.1. The fraction of sp³-hybridized carbons (Fsp3) is 0.625. The molecule has 0 unspecified atom stereocenters. The Bertz CT molecular complexity index is 468.